The van der Waals surface area contributed by atoms with E-state index < -0.39 is 17.7 Å². The number of nitrogens with two attached hydrogens (primary N) is 1. The molecule has 0 fully saturated rings. The number of nitrogens with zero attached hydrogens (tertiary/aromatic N) is 2. The number of nitrogens with one attached hydrogen (secondary N) is 1. The Labute approximate surface area is 90.5 Å². The molecule has 0 aliphatic carbocycles. The SMILES string of the molecule is NC(Cc1cc(F)ccc1F)c1cn[nH]n1. The van der Waals surface area contributed by atoms with Gasteiger partial charge in [0.2, 0.25) is 0 Å². The molecular formula is C10H10F2N4. The first kappa shape index (κ1) is 10.7. The maximum Gasteiger partial charge on any atom is 0.126 e. The summed E-state index contributed by atoms with van der Waals surface area (Å²) in [7, 11) is 0. The van der Waals surface area contributed by atoms with Gasteiger partial charge in [0.1, 0.15) is 11.6 Å². The van der Waals surface area contributed by atoms with Crippen molar-refractivity contribution in [1.29, 1.82) is 0 Å². The van der Waals surface area contributed by atoms with E-state index in [1.807, 2.05) is 0 Å². The van der Waals surface area contributed by atoms with Crippen LogP contribution in [-0.2, 0) is 6.42 Å². The number of halogens is 2. The lowest BCUT2D eigenvalue weighted by Crippen LogP contribution is -2.14. The van der Waals surface area contributed by atoms with Crippen LogP contribution in [0, 0.1) is 11.6 Å². The Bertz CT molecular complexity index is 470. The van der Waals surface area contributed by atoms with Crippen molar-refractivity contribution in [2.75, 3.05) is 0 Å². The van der Waals surface area contributed by atoms with E-state index in [-0.39, 0.29) is 12.0 Å². The van der Waals surface area contributed by atoms with E-state index in [0.717, 1.165) is 18.2 Å². The van der Waals surface area contributed by atoms with Crippen LogP contribution in [0.5, 0.6) is 0 Å². The molecule has 4 nitrogen and oxygen atoms in total. The normalized spacial score (nSPS) is 12.7. The number of H-pyrrole nitrogens is 1. The van der Waals surface area contributed by atoms with Crippen LogP contribution in [0.3, 0.4) is 0 Å². The molecule has 1 atom stereocenters. The smallest absolute Gasteiger partial charge is 0.126 e. The van der Waals surface area contributed by atoms with E-state index in [1.165, 1.54) is 6.20 Å². The molecule has 0 spiro atoms. The zero-order chi connectivity index (χ0) is 11.5. The monoisotopic (exact) mass is 224 g/mol. The second-order valence-corrected chi connectivity index (χ2v) is 3.44. The predicted octanol–water partition coefficient (Wildman–Crippen LogP) is 1.33. The minimum absolute atomic E-state index is 0.177. The Morgan fingerprint density at radius 2 is 2.19 bits per heavy atom. The average molecular weight is 224 g/mol. The molecule has 1 aromatic heterocycles. The Hall–Kier alpha value is -1.82. The lowest BCUT2D eigenvalue weighted by atomic mass is 10.0. The van der Waals surface area contributed by atoms with Crippen LogP contribution in [0.1, 0.15) is 17.3 Å². The van der Waals surface area contributed by atoms with Crippen molar-refractivity contribution in [3.63, 3.8) is 0 Å². The molecule has 3 N–H and O–H groups in total. The van der Waals surface area contributed by atoms with Gasteiger partial charge in [-0.2, -0.15) is 15.4 Å². The maximum atomic E-state index is 13.3. The van der Waals surface area contributed by atoms with Crippen LogP contribution in [0.25, 0.3) is 0 Å². The summed E-state index contributed by atoms with van der Waals surface area (Å²) in [5.74, 6) is -0.955. The van der Waals surface area contributed by atoms with Gasteiger partial charge in [0, 0.05) is 0 Å². The summed E-state index contributed by atoms with van der Waals surface area (Å²) in [5, 5.41) is 9.80. The predicted molar refractivity (Wildman–Crippen MR) is 53.4 cm³/mol. The number of aromatic nitrogens is 3. The molecule has 2 aromatic rings. The maximum absolute atomic E-state index is 13.3. The number of hydrogen-bond donors (Lipinski definition) is 2. The third-order valence-electron chi connectivity index (χ3n) is 2.26. The van der Waals surface area contributed by atoms with E-state index >= 15 is 0 Å². The quantitative estimate of drug-likeness (QED) is 0.826. The van der Waals surface area contributed by atoms with Gasteiger partial charge in [-0.15, -0.1) is 0 Å². The minimum Gasteiger partial charge on any atom is -0.322 e. The van der Waals surface area contributed by atoms with Gasteiger partial charge in [0.15, 0.2) is 0 Å². The fraction of sp³-hybridized carbons (Fsp3) is 0.200. The van der Waals surface area contributed by atoms with Crippen molar-refractivity contribution in [3.05, 3.63) is 47.3 Å². The van der Waals surface area contributed by atoms with Crippen LogP contribution in [0.2, 0.25) is 0 Å². The average Bonchev–Trinajstić information content (AvgIpc) is 2.76. The van der Waals surface area contributed by atoms with Gasteiger partial charge < -0.3 is 5.73 Å². The van der Waals surface area contributed by atoms with E-state index in [1.54, 1.807) is 0 Å². The molecular weight excluding hydrogens is 214 g/mol. The summed E-state index contributed by atoms with van der Waals surface area (Å²) in [5.41, 5.74) is 6.53. The molecule has 2 rings (SSSR count). The highest BCUT2D eigenvalue weighted by atomic mass is 19.1. The molecule has 0 aliphatic heterocycles. The fourth-order valence-electron chi connectivity index (χ4n) is 1.43. The van der Waals surface area contributed by atoms with Gasteiger partial charge in [-0.05, 0) is 30.2 Å². The van der Waals surface area contributed by atoms with Gasteiger partial charge in [0.25, 0.3) is 0 Å². The molecule has 6 heteroatoms. The summed E-state index contributed by atoms with van der Waals surface area (Å²) in [6, 6.07) is 2.78. The third kappa shape index (κ3) is 2.22. The second kappa shape index (κ2) is 4.36. The van der Waals surface area contributed by atoms with E-state index in [9.17, 15) is 8.78 Å². The van der Waals surface area contributed by atoms with Crippen LogP contribution < -0.4 is 5.73 Å². The first-order chi connectivity index (χ1) is 7.66. The Kier molecular flexibility index (Phi) is 2.91. The Morgan fingerprint density at radius 3 is 2.88 bits per heavy atom. The number of aromatic amines is 1. The van der Waals surface area contributed by atoms with Crippen molar-refractivity contribution < 1.29 is 8.78 Å². The van der Waals surface area contributed by atoms with Crippen molar-refractivity contribution in [2.45, 2.75) is 12.5 Å². The van der Waals surface area contributed by atoms with Gasteiger partial charge in [-0.1, -0.05) is 0 Å². The molecule has 0 saturated heterocycles. The van der Waals surface area contributed by atoms with Crippen molar-refractivity contribution in [2.24, 2.45) is 5.73 Å². The standard InChI is InChI=1S/C10H10F2N4/c11-7-1-2-8(12)6(3-7)4-9(13)10-5-14-16-15-10/h1-3,5,9H,4,13H2,(H,14,15,16). The van der Waals surface area contributed by atoms with E-state index in [4.69, 9.17) is 5.73 Å². The number of hydrogen-bond acceptors (Lipinski definition) is 3. The second-order valence-electron chi connectivity index (χ2n) is 3.44. The van der Waals surface area contributed by atoms with E-state index in [2.05, 4.69) is 15.4 Å². The molecule has 1 unspecified atom stereocenters. The minimum atomic E-state index is -0.505. The van der Waals surface area contributed by atoms with Crippen LogP contribution in [0.4, 0.5) is 8.78 Å². The number of rotatable bonds is 3. The van der Waals surface area contributed by atoms with Crippen LogP contribution >= 0.6 is 0 Å². The highest BCUT2D eigenvalue weighted by Gasteiger charge is 2.13. The highest BCUT2D eigenvalue weighted by molar-refractivity contribution is 5.21. The molecule has 0 aliphatic rings. The van der Waals surface area contributed by atoms with Crippen molar-refractivity contribution >= 4 is 0 Å². The van der Waals surface area contributed by atoms with Gasteiger partial charge >= 0.3 is 0 Å². The molecule has 1 aromatic carbocycles. The first-order valence-corrected chi connectivity index (χ1v) is 4.72. The first-order valence-electron chi connectivity index (χ1n) is 4.72. The zero-order valence-corrected chi connectivity index (χ0v) is 8.32. The molecule has 1 heterocycles. The van der Waals surface area contributed by atoms with Gasteiger partial charge in [-0.25, -0.2) is 8.78 Å². The summed E-state index contributed by atoms with van der Waals surface area (Å²) in [6.07, 6.45) is 1.64. The number of benzene rings is 1. The van der Waals surface area contributed by atoms with E-state index in [0.29, 0.717) is 5.69 Å². The largest absolute Gasteiger partial charge is 0.322 e. The highest BCUT2D eigenvalue weighted by Crippen LogP contribution is 2.16. The van der Waals surface area contributed by atoms with Crippen molar-refractivity contribution in [3.8, 4) is 0 Å². The Morgan fingerprint density at radius 1 is 1.38 bits per heavy atom. The summed E-state index contributed by atoms with van der Waals surface area (Å²) in [6.45, 7) is 0. The van der Waals surface area contributed by atoms with Gasteiger partial charge in [-0.3, -0.25) is 0 Å². The molecule has 0 radical (unpaired) electrons. The third-order valence-corrected chi connectivity index (χ3v) is 2.26. The molecule has 16 heavy (non-hydrogen) atoms. The molecule has 0 bridgehead atoms. The van der Waals surface area contributed by atoms with Gasteiger partial charge in [0.05, 0.1) is 17.9 Å². The Balaban J connectivity index is 2.17. The van der Waals surface area contributed by atoms with Crippen molar-refractivity contribution in [1.82, 2.24) is 15.4 Å². The zero-order valence-electron chi connectivity index (χ0n) is 8.32. The lowest BCUT2D eigenvalue weighted by Gasteiger charge is -2.08. The summed E-state index contributed by atoms with van der Waals surface area (Å²) in [4.78, 5) is 0. The molecule has 0 amide bonds. The molecule has 0 saturated carbocycles. The van der Waals surface area contributed by atoms with Crippen LogP contribution in [-0.4, -0.2) is 15.4 Å². The molecule has 84 valence electrons. The fourth-order valence-corrected chi connectivity index (χ4v) is 1.43. The topological polar surface area (TPSA) is 67.6 Å². The summed E-state index contributed by atoms with van der Waals surface area (Å²) < 4.78 is 26.2. The summed E-state index contributed by atoms with van der Waals surface area (Å²) >= 11 is 0. The lowest BCUT2D eigenvalue weighted by molar-refractivity contribution is 0.570. The van der Waals surface area contributed by atoms with Crippen LogP contribution in [0.15, 0.2) is 24.4 Å².